The number of aryl methyl sites for hydroxylation is 1. The monoisotopic (exact) mass is 394 g/mol. The molecule has 0 heterocycles. The van der Waals surface area contributed by atoms with Crippen LogP contribution in [0.1, 0.15) is 24.8 Å². The first-order valence-corrected chi connectivity index (χ1v) is 11.5. The van der Waals surface area contributed by atoms with Gasteiger partial charge >= 0.3 is 0 Å². The zero-order valence-electron chi connectivity index (χ0n) is 14.3. The number of rotatable bonds is 9. The first kappa shape index (κ1) is 19.0. The van der Waals surface area contributed by atoms with Crippen LogP contribution in [0.3, 0.4) is 0 Å². The fourth-order valence-corrected chi connectivity index (χ4v) is 4.89. The van der Waals surface area contributed by atoms with Crippen LogP contribution in [-0.4, -0.2) is 29.4 Å². The molecule has 1 saturated carbocycles. The molecule has 0 saturated heterocycles. The van der Waals surface area contributed by atoms with Gasteiger partial charge in [-0.05, 0) is 55.5 Å². The van der Waals surface area contributed by atoms with Gasteiger partial charge < -0.3 is 0 Å². The molecule has 0 spiro atoms. The molecule has 1 aliphatic carbocycles. The maximum atomic E-state index is 12.3. The molecule has 1 aliphatic rings. The highest BCUT2D eigenvalue weighted by Gasteiger charge is 2.28. The van der Waals surface area contributed by atoms with E-state index < -0.39 is 20.0 Å². The van der Waals surface area contributed by atoms with Crippen molar-refractivity contribution in [1.82, 2.24) is 9.44 Å². The van der Waals surface area contributed by atoms with Crippen molar-refractivity contribution in [1.29, 1.82) is 0 Å². The first-order chi connectivity index (χ1) is 12.4. The van der Waals surface area contributed by atoms with Crippen molar-refractivity contribution < 1.29 is 16.8 Å². The van der Waals surface area contributed by atoms with E-state index in [4.69, 9.17) is 0 Å². The third kappa shape index (κ3) is 5.14. The summed E-state index contributed by atoms with van der Waals surface area (Å²) in [6, 6.07) is 15.1. The van der Waals surface area contributed by atoms with Crippen molar-refractivity contribution in [3.05, 3.63) is 60.2 Å². The molecule has 0 radical (unpaired) electrons. The Hall–Kier alpha value is -1.74. The van der Waals surface area contributed by atoms with Crippen LogP contribution in [0, 0.1) is 0 Å². The molecule has 6 nitrogen and oxygen atoms in total. The van der Waals surface area contributed by atoms with Gasteiger partial charge in [0, 0.05) is 12.6 Å². The van der Waals surface area contributed by atoms with Gasteiger partial charge in [-0.3, -0.25) is 0 Å². The van der Waals surface area contributed by atoms with E-state index in [-0.39, 0.29) is 15.8 Å². The standard InChI is InChI=1S/C18H22N2O4S2/c21-25(22,19-14-4-7-15-5-2-1-3-6-15)17-10-12-18(13-11-17)26(23,24)20-16-8-9-16/h1-3,5-6,10-13,16,19-20H,4,7-9,14H2. The molecule has 2 N–H and O–H groups in total. The molecular weight excluding hydrogens is 372 g/mol. The molecule has 0 atom stereocenters. The molecule has 3 rings (SSSR count). The Morgan fingerprint density at radius 3 is 1.96 bits per heavy atom. The van der Waals surface area contributed by atoms with Crippen LogP contribution in [0.5, 0.6) is 0 Å². The van der Waals surface area contributed by atoms with Gasteiger partial charge in [0.1, 0.15) is 0 Å². The summed E-state index contributed by atoms with van der Waals surface area (Å²) in [5.74, 6) is 0. The Kier molecular flexibility index (Phi) is 5.76. The molecule has 0 unspecified atom stereocenters. The van der Waals surface area contributed by atoms with Gasteiger partial charge in [0.25, 0.3) is 0 Å². The van der Waals surface area contributed by atoms with Gasteiger partial charge in [0.05, 0.1) is 9.79 Å². The van der Waals surface area contributed by atoms with Crippen molar-refractivity contribution in [2.75, 3.05) is 6.54 Å². The molecule has 2 aromatic carbocycles. The van der Waals surface area contributed by atoms with Gasteiger partial charge in [-0.15, -0.1) is 0 Å². The van der Waals surface area contributed by atoms with Crippen LogP contribution >= 0.6 is 0 Å². The van der Waals surface area contributed by atoms with Crippen LogP contribution in [0.15, 0.2) is 64.4 Å². The van der Waals surface area contributed by atoms with E-state index in [0.717, 1.165) is 24.8 Å². The zero-order chi connectivity index (χ0) is 18.6. The minimum absolute atomic E-state index is 0.00897. The van der Waals surface area contributed by atoms with Crippen molar-refractivity contribution in [3.8, 4) is 0 Å². The highest BCUT2D eigenvalue weighted by atomic mass is 32.2. The molecule has 140 valence electrons. The maximum absolute atomic E-state index is 12.3. The van der Waals surface area contributed by atoms with Crippen LogP contribution < -0.4 is 9.44 Å². The average Bonchev–Trinajstić information content (AvgIpc) is 3.43. The average molecular weight is 395 g/mol. The predicted octanol–water partition coefficient (Wildman–Crippen LogP) is 2.04. The number of hydrogen-bond donors (Lipinski definition) is 2. The van der Waals surface area contributed by atoms with Crippen molar-refractivity contribution >= 4 is 20.0 Å². The Bertz CT molecular complexity index is 936. The van der Waals surface area contributed by atoms with Crippen LogP contribution in [0.4, 0.5) is 0 Å². The largest absolute Gasteiger partial charge is 0.240 e. The quantitative estimate of drug-likeness (QED) is 0.637. The molecule has 2 aromatic rings. The van der Waals surface area contributed by atoms with Gasteiger partial charge in [-0.1, -0.05) is 30.3 Å². The third-order valence-corrected chi connectivity index (χ3v) is 7.13. The van der Waals surface area contributed by atoms with E-state index in [1.807, 2.05) is 30.3 Å². The SMILES string of the molecule is O=S(=O)(NCCCc1ccccc1)c1ccc(S(=O)(=O)NC2CC2)cc1. The smallest absolute Gasteiger partial charge is 0.211 e. The summed E-state index contributed by atoms with van der Waals surface area (Å²) in [6.07, 6.45) is 3.16. The van der Waals surface area contributed by atoms with E-state index in [1.54, 1.807) is 0 Å². The number of benzene rings is 2. The third-order valence-electron chi connectivity index (χ3n) is 4.12. The summed E-state index contributed by atoms with van der Waals surface area (Å²) in [4.78, 5) is 0.134. The lowest BCUT2D eigenvalue weighted by atomic mass is 10.1. The maximum Gasteiger partial charge on any atom is 0.240 e. The molecule has 8 heteroatoms. The minimum Gasteiger partial charge on any atom is -0.211 e. The summed E-state index contributed by atoms with van der Waals surface area (Å²) >= 11 is 0. The van der Waals surface area contributed by atoms with Crippen LogP contribution in [0.2, 0.25) is 0 Å². The van der Waals surface area contributed by atoms with Crippen molar-refractivity contribution in [2.24, 2.45) is 0 Å². The summed E-state index contributed by atoms with van der Waals surface area (Å²) in [6.45, 7) is 0.320. The summed E-state index contributed by atoms with van der Waals surface area (Å²) in [7, 11) is -7.23. The van der Waals surface area contributed by atoms with Crippen LogP contribution in [-0.2, 0) is 26.5 Å². The normalized spacial score (nSPS) is 15.1. The van der Waals surface area contributed by atoms with E-state index in [1.165, 1.54) is 24.3 Å². The topological polar surface area (TPSA) is 92.3 Å². The predicted molar refractivity (Wildman–Crippen MR) is 99.7 cm³/mol. The van der Waals surface area contributed by atoms with Gasteiger partial charge in [-0.25, -0.2) is 26.3 Å². The molecule has 26 heavy (non-hydrogen) atoms. The molecule has 0 aromatic heterocycles. The lowest BCUT2D eigenvalue weighted by Gasteiger charge is -2.09. The van der Waals surface area contributed by atoms with Gasteiger partial charge in [0.2, 0.25) is 20.0 Å². The first-order valence-electron chi connectivity index (χ1n) is 8.53. The Labute approximate surface area is 154 Å². The van der Waals surface area contributed by atoms with E-state index >= 15 is 0 Å². The summed E-state index contributed by atoms with van der Waals surface area (Å²) in [5.41, 5.74) is 1.16. The fourth-order valence-electron chi connectivity index (χ4n) is 2.51. The molecule has 0 amide bonds. The summed E-state index contributed by atoms with van der Waals surface area (Å²) in [5, 5.41) is 0. The molecule has 0 bridgehead atoms. The second kappa shape index (κ2) is 7.87. The molecular formula is C18H22N2O4S2. The van der Waals surface area contributed by atoms with Gasteiger partial charge in [0.15, 0.2) is 0 Å². The minimum atomic E-state index is -3.65. The Morgan fingerprint density at radius 1 is 0.808 bits per heavy atom. The Morgan fingerprint density at radius 2 is 1.38 bits per heavy atom. The van der Waals surface area contributed by atoms with Gasteiger partial charge in [-0.2, -0.15) is 0 Å². The van der Waals surface area contributed by atoms with E-state index in [2.05, 4.69) is 9.44 Å². The molecule has 0 aliphatic heterocycles. The summed E-state index contributed by atoms with van der Waals surface area (Å²) < 4.78 is 54.0. The number of hydrogen-bond acceptors (Lipinski definition) is 4. The zero-order valence-corrected chi connectivity index (χ0v) is 15.9. The Balaban J connectivity index is 1.56. The fraction of sp³-hybridized carbons (Fsp3) is 0.333. The van der Waals surface area contributed by atoms with E-state index in [9.17, 15) is 16.8 Å². The van der Waals surface area contributed by atoms with Crippen molar-refractivity contribution in [3.63, 3.8) is 0 Å². The van der Waals surface area contributed by atoms with Crippen molar-refractivity contribution in [2.45, 2.75) is 41.5 Å². The second-order valence-corrected chi connectivity index (χ2v) is 9.83. The van der Waals surface area contributed by atoms with Crippen LogP contribution in [0.25, 0.3) is 0 Å². The highest BCUT2D eigenvalue weighted by molar-refractivity contribution is 7.90. The van der Waals surface area contributed by atoms with E-state index in [0.29, 0.717) is 13.0 Å². The molecule has 1 fully saturated rings. The lowest BCUT2D eigenvalue weighted by Crippen LogP contribution is -2.26. The lowest BCUT2D eigenvalue weighted by molar-refractivity contribution is 0.576. The number of nitrogens with one attached hydrogen (secondary N) is 2. The highest BCUT2D eigenvalue weighted by Crippen LogP contribution is 2.22. The number of sulfonamides is 2. The second-order valence-electron chi connectivity index (χ2n) is 6.35.